The van der Waals surface area contributed by atoms with Crippen LogP contribution in [-0.4, -0.2) is 19.3 Å². The fourth-order valence-corrected chi connectivity index (χ4v) is 6.65. The van der Waals surface area contributed by atoms with Crippen molar-refractivity contribution in [2.24, 2.45) is 0 Å². The van der Waals surface area contributed by atoms with E-state index in [1.54, 1.807) is 0 Å². The van der Waals surface area contributed by atoms with Gasteiger partial charge in [0.1, 0.15) is 34.5 Å². The summed E-state index contributed by atoms with van der Waals surface area (Å²) in [4.78, 5) is 0. The second kappa shape index (κ2) is 6.33. The summed E-state index contributed by atoms with van der Waals surface area (Å²) in [6.45, 7) is 0.309. The lowest BCUT2D eigenvalue weighted by Crippen LogP contribution is -2.20. The van der Waals surface area contributed by atoms with Gasteiger partial charge in [0.2, 0.25) is 6.79 Å². The molecular formula is C19H22O2S2+2. The molecule has 0 fully saturated rings. The van der Waals surface area contributed by atoms with E-state index in [1.807, 2.05) is 0 Å². The third-order valence-electron chi connectivity index (χ3n) is 4.37. The fourth-order valence-electron chi connectivity index (χ4n) is 3.41. The minimum absolute atomic E-state index is 0.279. The third kappa shape index (κ3) is 3.07. The van der Waals surface area contributed by atoms with Crippen LogP contribution >= 0.6 is 0 Å². The van der Waals surface area contributed by atoms with E-state index in [9.17, 15) is 0 Å². The van der Waals surface area contributed by atoms with Crippen molar-refractivity contribution in [2.75, 3.05) is 19.3 Å². The molecule has 2 aliphatic rings. The molecule has 0 aromatic heterocycles. The topological polar surface area (TPSA) is 18.5 Å². The van der Waals surface area contributed by atoms with Crippen molar-refractivity contribution in [3.8, 4) is 11.5 Å². The molecule has 23 heavy (non-hydrogen) atoms. The number of rotatable bonds is 0. The van der Waals surface area contributed by atoms with Gasteiger partial charge in [-0.05, 0) is 21.8 Å². The second-order valence-corrected chi connectivity index (χ2v) is 10.6. The van der Waals surface area contributed by atoms with Gasteiger partial charge in [0.05, 0.1) is 12.5 Å². The zero-order chi connectivity index (χ0) is 15.8. The summed E-state index contributed by atoms with van der Waals surface area (Å²) in [5.74, 6) is 6.51. The molecule has 0 radical (unpaired) electrons. The second-order valence-electron chi connectivity index (χ2n) is 6.36. The monoisotopic (exact) mass is 346 g/mol. The number of benzene rings is 2. The van der Waals surface area contributed by atoms with E-state index in [4.69, 9.17) is 9.47 Å². The average Bonchev–Trinajstić information content (AvgIpc) is 2.51. The first-order valence-electron chi connectivity index (χ1n) is 7.86. The van der Waals surface area contributed by atoms with Crippen LogP contribution in [0.5, 0.6) is 11.5 Å². The number of hydrogen-bond donors (Lipinski definition) is 0. The van der Waals surface area contributed by atoms with E-state index in [2.05, 4.69) is 48.9 Å². The molecule has 4 heteroatoms. The summed E-state index contributed by atoms with van der Waals surface area (Å²) in [6.07, 6.45) is 4.70. The van der Waals surface area contributed by atoms with E-state index in [0.717, 1.165) is 34.5 Å². The molecule has 0 saturated carbocycles. The van der Waals surface area contributed by atoms with Crippen molar-refractivity contribution < 1.29 is 9.47 Å². The fraction of sp³-hybridized carbons (Fsp3) is 0.368. The number of para-hydroxylation sites is 2. The summed E-state index contributed by atoms with van der Waals surface area (Å²) in [7, 11) is 0.558. The lowest BCUT2D eigenvalue weighted by molar-refractivity contribution is 0.116. The third-order valence-corrected chi connectivity index (χ3v) is 7.59. The van der Waals surface area contributed by atoms with Crippen LogP contribution in [0.1, 0.15) is 22.3 Å². The number of hydrogen-bond acceptors (Lipinski definition) is 2. The zero-order valence-corrected chi connectivity index (χ0v) is 15.3. The SMILES string of the molecule is C[S+]1Cc2cccc3c2OCOc2c(cccc2C[S+](C)C3)C1. The Labute approximate surface area is 143 Å². The van der Waals surface area contributed by atoms with Crippen molar-refractivity contribution >= 4 is 21.8 Å². The molecule has 0 spiro atoms. The Morgan fingerprint density at radius 1 is 0.652 bits per heavy atom. The summed E-state index contributed by atoms with van der Waals surface area (Å²) >= 11 is 0. The molecule has 4 rings (SSSR count). The maximum atomic E-state index is 6.12. The number of fused-ring (bicyclic) bond motifs is 2. The molecule has 2 aromatic rings. The lowest BCUT2D eigenvalue weighted by Gasteiger charge is -2.22. The van der Waals surface area contributed by atoms with Crippen LogP contribution < -0.4 is 9.47 Å². The van der Waals surface area contributed by atoms with Crippen molar-refractivity contribution in [1.29, 1.82) is 0 Å². The Morgan fingerprint density at radius 2 is 1.00 bits per heavy atom. The van der Waals surface area contributed by atoms with E-state index in [0.29, 0.717) is 6.79 Å². The lowest BCUT2D eigenvalue weighted by atomic mass is 10.1. The number of ether oxygens (including phenoxy) is 2. The summed E-state index contributed by atoms with van der Waals surface area (Å²) in [5.41, 5.74) is 5.37. The molecule has 2 bridgehead atoms. The van der Waals surface area contributed by atoms with E-state index < -0.39 is 0 Å². The van der Waals surface area contributed by atoms with Gasteiger partial charge in [-0.2, -0.15) is 0 Å². The van der Waals surface area contributed by atoms with E-state index >= 15 is 0 Å². The first-order valence-corrected chi connectivity index (χ1v) is 11.8. The van der Waals surface area contributed by atoms with Crippen LogP contribution in [0.15, 0.2) is 36.4 Å². The minimum Gasteiger partial charge on any atom is -0.457 e. The predicted octanol–water partition coefficient (Wildman–Crippen LogP) is 3.63. The van der Waals surface area contributed by atoms with Gasteiger partial charge in [-0.15, -0.1) is 0 Å². The summed E-state index contributed by atoms with van der Waals surface area (Å²) in [6, 6.07) is 13.3. The molecule has 0 amide bonds. The summed E-state index contributed by atoms with van der Waals surface area (Å²) < 4.78 is 12.2. The highest BCUT2D eigenvalue weighted by Crippen LogP contribution is 2.35. The van der Waals surface area contributed by atoms with E-state index in [-0.39, 0.29) is 21.8 Å². The Morgan fingerprint density at radius 3 is 1.35 bits per heavy atom. The molecule has 0 N–H and O–H groups in total. The van der Waals surface area contributed by atoms with Crippen LogP contribution in [0.3, 0.4) is 0 Å². The highest BCUT2D eigenvalue weighted by atomic mass is 32.2. The molecule has 2 aromatic carbocycles. The highest BCUT2D eigenvalue weighted by molar-refractivity contribution is 7.95. The highest BCUT2D eigenvalue weighted by Gasteiger charge is 2.28. The van der Waals surface area contributed by atoms with Gasteiger partial charge in [0.15, 0.2) is 0 Å². The maximum absolute atomic E-state index is 6.12. The van der Waals surface area contributed by atoms with Gasteiger partial charge in [-0.25, -0.2) is 0 Å². The molecule has 0 aliphatic carbocycles. The predicted molar refractivity (Wildman–Crippen MR) is 100 cm³/mol. The van der Waals surface area contributed by atoms with Gasteiger partial charge in [0, 0.05) is 22.3 Å². The van der Waals surface area contributed by atoms with Gasteiger partial charge in [-0.3, -0.25) is 0 Å². The van der Waals surface area contributed by atoms with Crippen LogP contribution in [0, 0.1) is 0 Å². The molecule has 0 saturated heterocycles. The van der Waals surface area contributed by atoms with Crippen LogP contribution in [0.4, 0.5) is 0 Å². The van der Waals surface area contributed by atoms with Crippen LogP contribution in [0.25, 0.3) is 0 Å². The molecule has 2 heterocycles. The normalized spacial score (nSPS) is 18.3. The Balaban J connectivity index is 1.88. The maximum Gasteiger partial charge on any atom is 0.230 e. The smallest absolute Gasteiger partial charge is 0.230 e. The minimum atomic E-state index is 0.279. The largest absolute Gasteiger partial charge is 0.457 e. The van der Waals surface area contributed by atoms with Gasteiger partial charge >= 0.3 is 0 Å². The molecular weight excluding hydrogens is 324 g/mol. The van der Waals surface area contributed by atoms with Crippen molar-refractivity contribution in [1.82, 2.24) is 0 Å². The Kier molecular flexibility index (Phi) is 4.20. The van der Waals surface area contributed by atoms with Crippen LogP contribution in [-0.2, 0) is 44.8 Å². The molecule has 0 atom stereocenters. The molecule has 120 valence electrons. The first-order chi connectivity index (χ1) is 11.2. The molecule has 2 nitrogen and oxygen atoms in total. The molecule has 0 unspecified atom stereocenters. The van der Waals surface area contributed by atoms with Crippen LogP contribution in [0.2, 0.25) is 0 Å². The van der Waals surface area contributed by atoms with Crippen molar-refractivity contribution in [3.63, 3.8) is 0 Å². The van der Waals surface area contributed by atoms with Crippen molar-refractivity contribution in [3.05, 3.63) is 58.7 Å². The van der Waals surface area contributed by atoms with Gasteiger partial charge < -0.3 is 9.47 Å². The summed E-state index contributed by atoms with van der Waals surface area (Å²) in [5, 5.41) is 0. The average molecular weight is 347 g/mol. The van der Waals surface area contributed by atoms with E-state index in [1.165, 1.54) is 22.3 Å². The standard InChI is InChI=1S/C19H22O2S2/c1-22-9-14-5-3-7-16-11-23(2)12-17-8-4-6-15(10-22)19(17)21-13-20-18(14)16/h3-8H,9-13H2,1-2H3/q+2. The Bertz CT molecular complexity index is 619. The Hall–Kier alpha value is -1.26. The van der Waals surface area contributed by atoms with Crippen molar-refractivity contribution in [2.45, 2.75) is 23.0 Å². The molecule has 2 aliphatic heterocycles. The quantitative estimate of drug-likeness (QED) is 0.678. The van der Waals surface area contributed by atoms with Gasteiger partial charge in [0.25, 0.3) is 0 Å². The van der Waals surface area contributed by atoms with Gasteiger partial charge in [-0.1, -0.05) is 36.4 Å². The zero-order valence-electron chi connectivity index (χ0n) is 13.6. The first kappa shape index (κ1) is 15.3.